The largest absolute Gasteiger partial charge is 0.394 e. The first-order valence-corrected chi connectivity index (χ1v) is 6.88. The molecule has 0 amide bonds. The minimum absolute atomic E-state index is 0.0549. The highest BCUT2D eigenvalue weighted by Crippen LogP contribution is 2.15. The van der Waals surface area contributed by atoms with Crippen LogP contribution in [0.2, 0.25) is 0 Å². The van der Waals surface area contributed by atoms with E-state index in [0.29, 0.717) is 0 Å². The number of benzene rings is 1. The lowest BCUT2D eigenvalue weighted by Gasteiger charge is -2.06. The fourth-order valence-electron chi connectivity index (χ4n) is 1.25. The third-order valence-electron chi connectivity index (χ3n) is 2.13. The van der Waals surface area contributed by atoms with E-state index in [0.717, 1.165) is 24.3 Å². The first-order valence-electron chi connectivity index (χ1n) is 5.40. The molecule has 0 spiro atoms. The quantitative estimate of drug-likeness (QED) is 0.391. The molecule has 19 heavy (non-hydrogen) atoms. The summed E-state index contributed by atoms with van der Waals surface area (Å²) in [5, 5.41) is 18.9. The Hall–Kier alpha value is -1.55. The molecule has 0 radical (unpaired) electrons. The number of hydrogen-bond acceptors (Lipinski definition) is 6. The van der Waals surface area contributed by atoms with Crippen molar-refractivity contribution in [3.63, 3.8) is 0 Å². The van der Waals surface area contributed by atoms with E-state index in [1.54, 1.807) is 0 Å². The number of aliphatic hydroxyl groups excluding tert-OH is 1. The van der Waals surface area contributed by atoms with Crippen molar-refractivity contribution in [2.45, 2.75) is 4.90 Å². The second kappa shape index (κ2) is 7.14. The molecule has 0 aliphatic heterocycles. The maximum Gasteiger partial charge on any atom is 0.269 e. The van der Waals surface area contributed by atoms with E-state index >= 15 is 0 Å². The average Bonchev–Trinajstić information content (AvgIpc) is 2.38. The predicted molar refractivity (Wildman–Crippen MR) is 66.2 cm³/mol. The standard InChI is InChI=1S/C10H14N2O6S/c13-6-8-18-7-5-11-19(16,17)10-3-1-9(2-4-10)12(14)15/h1-4,11,13H,5-8H2. The van der Waals surface area contributed by atoms with Crippen LogP contribution in [0.4, 0.5) is 5.69 Å². The molecular weight excluding hydrogens is 276 g/mol. The highest BCUT2D eigenvalue weighted by Gasteiger charge is 2.14. The van der Waals surface area contributed by atoms with Gasteiger partial charge in [0.2, 0.25) is 10.0 Å². The highest BCUT2D eigenvalue weighted by atomic mass is 32.2. The van der Waals surface area contributed by atoms with Gasteiger partial charge in [-0.05, 0) is 12.1 Å². The van der Waals surface area contributed by atoms with Crippen molar-refractivity contribution in [1.82, 2.24) is 4.72 Å². The zero-order valence-corrected chi connectivity index (χ0v) is 10.8. The topological polar surface area (TPSA) is 119 Å². The number of rotatable bonds is 8. The Labute approximate surface area is 110 Å². The fraction of sp³-hybridized carbons (Fsp3) is 0.400. The number of nitrogens with one attached hydrogen (secondary N) is 1. The summed E-state index contributed by atoms with van der Waals surface area (Å²) in [6.45, 7) is 0.195. The van der Waals surface area contributed by atoms with Crippen molar-refractivity contribution in [3.8, 4) is 0 Å². The van der Waals surface area contributed by atoms with E-state index in [2.05, 4.69) is 4.72 Å². The van der Waals surface area contributed by atoms with Crippen LogP contribution in [0.1, 0.15) is 0 Å². The average molecular weight is 290 g/mol. The number of nitro groups is 1. The molecule has 1 aromatic carbocycles. The van der Waals surface area contributed by atoms with Crippen molar-refractivity contribution in [2.75, 3.05) is 26.4 Å². The number of sulfonamides is 1. The summed E-state index contributed by atoms with van der Waals surface area (Å²) in [6.07, 6.45) is 0. The summed E-state index contributed by atoms with van der Waals surface area (Å²) in [5.41, 5.74) is -0.176. The molecular formula is C10H14N2O6S. The van der Waals surface area contributed by atoms with Crippen LogP contribution in [0.15, 0.2) is 29.2 Å². The Bertz CT molecular complexity index is 513. The molecule has 1 rings (SSSR count). The Balaban J connectivity index is 2.59. The maximum atomic E-state index is 11.8. The Morgan fingerprint density at radius 3 is 2.42 bits per heavy atom. The molecule has 2 N–H and O–H groups in total. The molecule has 0 saturated carbocycles. The van der Waals surface area contributed by atoms with E-state index in [-0.39, 0.29) is 36.9 Å². The maximum absolute atomic E-state index is 11.8. The number of nitro benzene ring substituents is 1. The first-order chi connectivity index (χ1) is 8.97. The monoisotopic (exact) mass is 290 g/mol. The molecule has 0 aliphatic rings. The summed E-state index contributed by atoms with van der Waals surface area (Å²) in [6, 6.07) is 4.57. The van der Waals surface area contributed by atoms with Crippen LogP contribution in [0.25, 0.3) is 0 Å². The smallest absolute Gasteiger partial charge is 0.269 e. The molecule has 1 aromatic rings. The molecule has 0 aliphatic carbocycles. The normalized spacial score (nSPS) is 11.4. The molecule has 9 heteroatoms. The van der Waals surface area contributed by atoms with Gasteiger partial charge in [0.1, 0.15) is 0 Å². The van der Waals surface area contributed by atoms with E-state index < -0.39 is 14.9 Å². The minimum Gasteiger partial charge on any atom is -0.394 e. The van der Waals surface area contributed by atoms with Gasteiger partial charge >= 0.3 is 0 Å². The van der Waals surface area contributed by atoms with E-state index in [9.17, 15) is 18.5 Å². The number of nitrogens with zero attached hydrogens (tertiary/aromatic N) is 1. The Morgan fingerprint density at radius 1 is 1.26 bits per heavy atom. The zero-order valence-electron chi connectivity index (χ0n) is 9.98. The summed E-state index contributed by atoms with van der Waals surface area (Å²) in [7, 11) is -3.71. The van der Waals surface area contributed by atoms with Crippen molar-refractivity contribution >= 4 is 15.7 Å². The second-order valence-electron chi connectivity index (χ2n) is 3.48. The van der Waals surface area contributed by atoms with E-state index in [1.807, 2.05) is 0 Å². The van der Waals surface area contributed by atoms with Crippen molar-refractivity contribution < 1.29 is 23.2 Å². The van der Waals surface area contributed by atoms with Gasteiger partial charge < -0.3 is 9.84 Å². The lowest BCUT2D eigenvalue weighted by molar-refractivity contribution is -0.384. The number of aliphatic hydroxyl groups is 1. The molecule has 0 aromatic heterocycles. The van der Waals surface area contributed by atoms with Crippen LogP contribution >= 0.6 is 0 Å². The zero-order chi connectivity index (χ0) is 14.3. The molecule has 0 fully saturated rings. The fourth-order valence-corrected chi connectivity index (χ4v) is 2.26. The van der Waals surface area contributed by atoms with Gasteiger partial charge in [-0.2, -0.15) is 0 Å². The van der Waals surface area contributed by atoms with Gasteiger partial charge in [-0.1, -0.05) is 0 Å². The lowest BCUT2D eigenvalue weighted by atomic mass is 10.3. The number of hydrogen-bond donors (Lipinski definition) is 2. The molecule has 0 atom stereocenters. The van der Waals surface area contributed by atoms with Gasteiger partial charge in [0.15, 0.2) is 0 Å². The third kappa shape index (κ3) is 4.91. The predicted octanol–water partition coefficient (Wildman–Crippen LogP) is -0.118. The summed E-state index contributed by atoms with van der Waals surface area (Å²) in [5.74, 6) is 0. The van der Waals surface area contributed by atoms with Crippen LogP contribution in [-0.4, -0.2) is 44.8 Å². The number of ether oxygens (including phenoxy) is 1. The summed E-state index contributed by atoms with van der Waals surface area (Å²) < 4.78 is 30.7. The SMILES string of the molecule is O=[N+]([O-])c1ccc(S(=O)(=O)NCCOCCO)cc1. The van der Waals surface area contributed by atoms with Crippen LogP contribution in [0.3, 0.4) is 0 Å². The lowest BCUT2D eigenvalue weighted by Crippen LogP contribution is -2.27. The van der Waals surface area contributed by atoms with E-state index in [4.69, 9.17) is 9.84 Å². The number of non-ortho nitro benzene ring substituents is 1. The van der Waals surface area contributed by atoms with Crippen LogP contribution in [0, 0.1) is 10.1 Å². The third-order valence-corrected chi connectivity index (χ3v) is 3.61. The minimum atomic E-state index is -3.71. The summed E-state index contributed by atoms with van der Waals surface area (Å²) >= 11 is 0. The van der Waals surface area contributed by atoms with Gasteiger partial charge in [-0.15, -0.1) is 0 Å². The van der Waals surface area contributed by atoms with Crippen molar-refractivity contribution in [3.05, 3.63) is 34.4 Å². The van der Waals surface area contributed by atoms with Gasteiger partial charge in [0, 0.05) is 18.7 Å². The molecule has 0 saturated heterocycles. The molecule has 0 unspecified atom stereocenters. The molecule has 106 valence electrons. The van der Waals surface area contributed by atoms with Crippen molar-refractivity contribution in [1.29, 1.82) is 0 Å². The summed E-state index contributed by atoms with van der Waals surface area (Å²) in [4.78, 5) is 9.78. The van der Waals surface area contributed by atoms with Gasteiger partial charge in [0.25, 0.3) is 5.69 Å². The molecule has 0 bridgehead atoms. The van der Waals surface area contributed by atoms with Gasteiger partial charge in [0.05, 0.1) is 29.6 Å². The Morgan fingerprint density at radius 2 is 1.89 bits per heavy atom. The second-order valence-corrected chi connectivity index (χ2v) is 5.25. The van der Waals surface area contributed by atoms with Gasteiger partial charge in [-0.3, -0.25) is 10.1 Å². The van der Waals surface area contributed by atoms with Crippen LogP contribution in [0.5, 0.6) is 0 Å². The van der Waals surface area contributed by atoms with E-state index in [1.165, 1.54) is 0 Å². The van der Waals surface area contributed by atoms with Crippen LogP contribution in [-0.2, 0) is 14.8 Å². The molecule has 0 heterocycles. The first kappa shape index (κ1) is 15.5. The molecule has 8 nitrogen and oxygen atoms in total. The van der Waals surface area contributed by atoms with Crippen LogP contribution < -0.4 is 4.72 Å². The van der Waals surface area contributed by atoms with Crippen molar-refractivity contribution in [2.24, 2.45) is 0 Å². The highest BCUT2D eigenvalue weighted by molar-refractivity contribution is 7.89. The van der Waals surface area contributed by atoms with Gasteiger partial charge in [-0.25, -0.2) is 13.1 Å². The Kier molecular flexibility index (Phi) is 5.83.